The number of hydrogen-bond acceptors (Lipinski definition) is 2. The Morgan fingerprint density at radius 3 is 2.67 bits per heavy atom. The molecule has 102 valence electrons. The molecule has 1 aromatic carbocycles. The van der Waals surface area contributed by atoms with E-state index in [1.54, 1.807) is 0 Å². The van der Waals surface area contributed by atoms with Crippen LogP contribution >= 0.6 is 12.4 Å². The van der Waals surface area contributed by atoms with E-state index in [2.05, 4.69) is 11.8 Å². The molecule has 1 aromatic rings. The van der Waals surface area contributed by atoms with Crippen molar-refractivity contribution in [2.75, 3.05) is 13.1 Å². The van der Waals surface area contributed by atoms with Crippen LogP contribution in [0, 0.1) is 11.7 Å². The van der Waals surface area contributed by atoms with Gasteiger partial charge >= 0.3 is 0 Å². The Hall–Kier alpha value is -0.640. The van der Waals surface area contributed by atoms with Crippen LogP contribution in [0.4, 0.5) is 4.39 Å². The molecule has 2 atom stereocenters. The summed E-state index contributed by atoms with van der Waals surface area (Å²) in [5.41, 5.74) is 7.14. The minimum absolute atomic E-state index is 0. The molecule has 0 aromatic heterocycles. The van der Waals surface area contributed by atoms with Gasteiger partial charge in [-0.1, -0.05) is 12.1 Å². The molecule has 1 fully saturated rings. The minimum Gasteiger partial charge on any atom is -0.328 e. The summed E-state index contributed by atoms with van der Waals surface area (Å²) in [4.78, 5) is 2.42. The number of rotatable bonds is 3. The molecule has 1 saturated heterocycles. The number of hydrogen-bond donors (Lipinski definition) is 1. The summed E-state index contributed by atoms with van der Waals surface area (Å²) in [5.74, 6) is 0.435. The molecule has 0 bridgehead atoms. The zero-order valence-corrected chi connectivity index (χ0v) is 11.6. The Morgan fingerprint density at radius 2 is 2.06 bits per heavy atom. The Bertz CT molecular complexity index is 353. The molecule has 2 rings (SSSR count). The van der Waals surface area contributed by atoms with Crippen LogP contribution in [0.25, 0.3) is 0 Å². The highest BCUT2D eigenvalue weighted by atomic mass is 35.5. The average molecular weight is 273 g/mol. The standard InChI is InChI=1S/C14H21FN2.ClH/c1-11(16)13-3-2-8-17(10-13)9-12-4-6-14(15)7-5-12;/h4-7,11,13H,2-3,8-10,16H2,1H3;1H. The number of halogens is 2. The van der Waals surface area contributed by atoms with E-state index in [1.807, 2.05) is 12.1 Å². The van der Waals surface area contributed by atoms with Crippen molar-refractivity contribution < 1.29 is 4.39 Å². The van der Waals surface area contributed by atoms with Gasteiger partial charge in [-0.05, 0) is 49.9 Å². The molecule has 18 heavy (non-hydrogen) atoms. The topological polar surface area (TPSA) is 29.3 Å². The van der Waals surface area contributed by atoms with E-state index < -0.39 is 0 Å². The summed E-state index contributed by atoms with van der Waals surface area (Å²) in [6.45, 7) is 5.19. The third-order valence-electron chi connectivity index (χ3n) is 3.60. The van der Waals surface area contributed by atoms with Crippen molar-refractivity contribution in [2.24, 2.45) is 11.7 Å². The first-order valence-electron chi connectivity index (χ1n) is 6.37. The second-order valence-corrected chi connectivity index (χ2v) is 5.12. The van der Waals surface area contributed by atoms with Crippen LogP contribution in [-0.2, 0) is 6.54 Å². The normalized spacial score (nSPS) is 22.3. The van der Waals surface area contributed by atoms with Gasteiger partial charge in [-0.2, -0.15) is 0 Å². The van der Waals surface area contributed by atoms with Crippen LogP contribution in [0.2, 0.25) is 0 Å². The van der Waals surface area contributed by atoms with Gasteiger partial charge in [-0.25, -0.2) is 4.39 Å². The lowest BCUT2D eigenvalue weighted by molar-refractivity contribution is 0.154. The Balaban J connectivity index is 0.00000162. The average Bonchev–Trinajstić information content (AvgIpc) is 2.32. The second kappa shape index (κ2) is 7.07. The number of nitrogens with zero attached hydrogens (tertiary/aromatic N) is 1. The van der Waals surface area contributed by atoms with E-state index in [0.717, 1.165) is 19.6 Å². The molecule has 1 heterocycles. The van der Waals surface area contributed by atoms with Gasteiger partial charge in [-0.3, -0.25) is 4.90 Å². The highest BCUT2D eigenvalue weighted by Crippen LogP contribution is 2.20. The Morgan fingerprint density at radius 1 is 1.39 bits per heavy atom. The van der Waals surface area contributed by atoms with E-state index in [0.29, 0.717) is 5.92 Å². The van der Waals surface area contributed by atoms with Crippen molar-refractivity contribution in [1.82, 2.24) is 4.90 Å². The fourth-order valence-electron chi connectivity index (χ4n) is 2.51. The first kappa shape index (κ1) is 15.4. The van der Waals surface area contributed by atoms with E-state index in [9.17, 15) is 4.39 Å². The van der Waals surface area contributed by atoms with E-state index in [1.165, 1.54) is 30.5 Å². The molecule has 0 aliphatic carbocycles. The number of likely N-dealkylation sites (tertiary alicyclic amines) is 1. The van der Waals surface area contributed by atoms with Crippen LogP contribution in [0.15, 0.2) is 24.3 Å². The molecule has 1 aliphatic heterocycles. The van der Waals surface area contributed by atoms with Crippen molar-refractivity contribution in [1.29, 1.82) is 0 Å². The van der Waals surface area contributed by atoms with Gasteiger partial charge in [0, 0.05) is 19.1 Å². The van der Waals surface area contributed by atoms with E-state index in [4.69, 9.17) is 5.73 Å². The highest BCUT2D eigenvalue weighted by molar-refractivity contribution is 5.85. The monoisotopic (exact) mass is 272 g/mol. The second-order valence-electron chi connectivity index (χ2n) is 5.12. The molecular formula is C14H22ClFN2. The van der Waals surface area contributed by atoms with E-state index >= 15 is 0 Å². The maximum atomic E-state index is 12.8. The van der Waals surface area contributed by atoms with Gasteiger partial charge in [0.1, 0.15) is 5.82 Å². The van der Waals surface area contributed by atoms with Crippen molar-refractivity contribution in [3.05, 3.63) is 35.6 Å². The first-order chi connectivity index (χ1) is 8.15. The third kappa shape index (κ3) is 4.23. The molecule has 2 N–H and O–H groups in total. The van der Waals surface area contributed by atoms with Gasteiger partial charge < -0.3 is 5.73 Å². The summed E-state index contributed by atoms with van der Waals surface area (Å²) in [6.07, 6.45) is 2.45. The SMILES string of the molecule is CC(N)C1CCCN(Cc2ccc(F)cc2)C1.Cl. The fourth-order valence-corrected chi connectivity index (χ4v) is 2.51. The zero-order valence-electron chi connectivity index (χ0n) is 10.8. The summed E-state index contributed by atoms with van der Waals surface area (Å²) >= 11 is 0. The van der Waals surface area contributed by atoms with Crippen molar-refractivity contribution in [3.63, 3.8) is 0 Å². The summed E-state index contributed by atoms with van der Waals surface area (Å²) in [6, 6.07) is 7.06. The zero-order chi connectivity index (χ0) is 12.3. The fraction of sp³-hybridized carbons (Fsp3) is 0.571. The van der Waals surface area contributed by atoms with Crippen molar-refractivity contribution in [2.45, 2.75) is 32.4 Å². The van der Waals surface area contributed by atoms with Gasteiger partial charge in [-0.15, -0.1) is 12.4 Å². The number of piperidine rings is 1. The van der Waals surface area contributed by atoms with Gasteiger partial charge in [0.15, 0.2) is 0 Å². The predicted molar refractivity (Wildman–Crippen MR) is 75.3 cm³/mol. The molecule has 2 unspecified atom stereocenters. The number of benzene rings is 1. The maximum absolute atomic E-state index is 12.8. The predicted octanol–water partition coefficient (Wildman–Crippen LogP) is 2.81. The molecule has 0 spiro atoms. The van der Waals surface area contributed by atoms with Crippen LogP contribution in [0.3, 0.4) is 0 Å². The molecule has 0 radical (unpaired) electrons. The third-order valence-corrected chi connectivity index (χ3v) is 3.60. The minimum atomic E-state index is -0.166. The summed E-state index contributed by atoms with van der Waals surface area (Å²) < 4.78 is 12.8. The molecule has 0 amide bonds. The summed E-state index contributed by atoms with van der Waals surface area (Å²) in [5, 5.41) is 0. The quantitative estimate of drug-likeness (QED) is 0.917. The largest absolute Gasteiger partial charge is 0.328 e. The lowest BCUT2D eigenvalue weighted by Gasteiger charge is -2.34. The highest BCUT2D eigenvalue weighted by Gasteiger charge is 2.22. The van der Waals surface area contributed by atoms with Crippen LogP contribution in [-0.4, -0.2) is 24.0 Å². The molecular weight excluding hydrogens is 251 g/mol. The molecule has 4 heteroatoms. The van der Waals surface area contributed by atoms with Crippen LogP contribution in [0.1, 0.15) is 25.3 Å². The lowest BCUT2D eigenvalue weighted by atomic mass is 9.92. The Kier molecular flexibility index (Phi) is 6.06. The van der Waals surface area contributed by atoms with Crippen molar-refractivity contribution in [3.8, 4) is 0 Å². The van der Waals surface area contributed by atoms with Gasteiger partial charge in [0.05, 0.1) is 0 Å². The van der Waals surface area contributed by atoms with Gasteiger partial charge in [0.2, 0.25) is 0 Å². The van der Waals surface area contributed by atoms with Crippen molar-refractivity contribution >= 4 is 12.4 Å². The van der Waals surface area contributed by atoms with E-state index in [-0.39, 0.29) is 24.3 Å². The molecule has 2 nitrogen and oxygen atoms in total. The first-order valence-corrected chi connectivity index (χ1v) is 6.37. The number of nitrogens with two attached hydrogens (primary N) is 1. The van der Waals surface area contributed by atoms with Crippen LogP contribution in [0.5, 0.6) is 0 Å². The maximum Gasteiger partial charge on any atom is 0.123 e. The summed E-state index contributed by atoms with van der Waals surface area (Å²) in [7, 11) is 0. The Labute approximate surface area is 115 Å². The lowest BCUT2D eigenvalue weighted by Crippen LogP contribution is -2.41. The smallest absolute Gasteiger partial charge is 0.123 e. The molecule has 0 saturated carbocycles. The van der Waals surface area contributed by atoms with Gasteiger partial charge in [0.25, 0.3) is 0 Å². The van der Waals surface area contributed by atoms with Crippen LogP contribution < -0.4 is 5.73 Å². The molecule has 1 aliphatic rings.